The highest BCUT2D eigenvalue weighted by Gasteiger charge is 2.34. The number of hydrogen-bond donors (Lipinski definition) is 3. The van der Waals surface area contributed by atoms with Crippen molar-refractivity contribution in [1.29, 1.82) is 0 Å². The van der Waals surface area contributed by atoms with Gasteiger partial charge in [0, 0.05) is 37.2 Å². The molecule has 0 radical (unpaired) electrons. The first-order valence-corrected chi connectivity index (χ1v) is 11.2. The fourth-order valence-corrected chi connectivity index (χ4v) is 4.55. The first-order valence-electron chi connectivity index (χ1n) is 10.4. The number of H-pyrrole nitrogens is 1. The van der Waals surface area contributed by atoms with E-state index in [9.17, 15) is 14.7 Å². The van der Waals surface area contributed by atoms with Crippen LogP contribution < -0.4 is 10.2 Å². The number of methoxy groups -OCH3 is 1. The minimum atomic E-state index is -0.970. The van der Waals surface area contributed by atoms with Gasteiger partial charge < -0.3 is 25.0 Å². The Morgan fingerprint density at radius 2 is 2.00 bits per heavy atom. The SMILES string of the molecule is COC1CN(c2nc(C)cc(C(=O)O)c2C(C)C)CCC1NC(=O)c1[nH]c(C)c(Cl)c1Cl. The van der Waals surface area contributed by atoms with Gasteiger partial charge in [-0.05, 0) is 32.3 Å². The molecule has 1 saturated heterocycles. The molecular formula is C22H28Cl2N4O4. The number of carbonyl (C=O) groups excluding carboxylic acids is 1. The number of hydrogen-bond acceptors (Lipinski definition) is 5. The molecule has 8 nitrogen and oxygen atoms in total. The van der Waals surface area contributed by atoms with E-state index in [1.165, 1.54) is 0 Å². The quantitative estimate of drug-likeness (QED) is 0.569. The van der Waals surface area contributed by atoms with Crippen molar-refractivity contribution in [3.05, 3.63) is 44.3 Å². The highest BCUT2D eigenvalue weighted by Crippen LogP contribution is 2.33. The molecule has 3 heterocycles. The summed E-state index contributed by atoms with van der Waals surface area (Å²) in [4.78, 5) is 34.3. The summed E-state index contributed by atoms with van der Waals surface area (Å²) in [6.45, 7) is 8.47. The molecule has 1 fully saturated rings. The largest absolute Gasteiger partial charge is 0.478 e. The molecule has 1 aliphatic heterocycles. The molecule has 174 valence electrons. The zero-order valence-corrected chi connectivity index (χ0v) is 20.3. The van der Waals surface area contributed by atoms with Gasteiger partial charge in [-0.3, -0.25) is 4.79 Å². The predicted molar refractivity (Wildman–Crippen MR) is 124 cm³/mol. The summed E-state index contributed by atoms with van der Waals surface area (Å²) >= 11 is 12.3. The number of amides is 1. The fraction of sp³-hybridized carbons (Fsp3) is 0.500. The van der Waals surface area contributed by atoms with Gasteiger partial charge in [-0.1, -0.05) is 37.0 Å². The molecule has 0 spiro atoms. The topological polar surface area (TPSA) is 108 Å². The average Bonchev–Trinajstić information content (AvgIpc) is 3.00. The Morgan fingerprint density at radius 3 is 2.53 bits per heavy atom. The lowest BCUT2D eigenvalue weighted by Gasteiger charge is -2.39. The number of aromatic carboxylic acids is 1. The summed E-state index contributed by atoms with van der Waals surface area (Å²) < 4.78 is 5.69. The molecule has 0 bridgehead atoms. The van der Waals surface area contributed by atoms with Gasteiger partial charge in [0.15, 0.2) is 0 Å². The minimum Gasteiger partial charge on any atom is -0.478 e. The number of carboxylic acids is 1. The third-order valence-electron chi connectivity index (χ3n) is 5.73. The van der Waals surface area contributed by atoms with Crippen molar-refractivity contribution in [2.75, 3.05) is 25.1 Å². The molecule has 0 saturated carbocycles. The number of carbonyl (C=O) groups is 2. The molecule has 0 aromatic carbocycles. The van der Waals surface area contributed by atoms with Crippen LogP contribution >= 0.6 is 23.2 Å². The number of ether oxygens (including phenoxy) is 1. The molecule has 32 heavy (non-hydrogen) atoms. The van der Waals surface area contributed by atoms with Crippen molar-refractivity contribution in [2.45, 2.75) is 52.2 Å². The van der Waals surface area contributed by atoms with Crippen LogP contribution in [0.15, 0.2) is 6.07 Å². The summed E-state index contributed by atoms with van der Waals surface area (Å²) in [7, 11) is 1.59. The van der Waals surface area contributed by atoms with Crippen LogP contribution in [0.3, 0.4) is 0 Å². The van der Waals surface area contributed by atoms with Crippen LogP contribution in [0.2, 0.25) is 10.0 Å². The van der Waals surface area contributed by atoms with E-state index < -0.39 is 5.97 Å². The lowest BCUT2D eigenvalue weighted by molar-refractivity contribution is 0.0538. The molecule has 2 unspecified atom stereocenters. The predicted octanol–water partition coefficient (Wildman–Crippen LogP) is 4.18. The zero-order chi connectivity index (χ0) is 23.7. The van der Waals surface area contributed by atoms with Crippen molar-refractivity contribution in [3.8, 4) is 0 Å². The molecule has 0 aliphatic carbocycles. The van der Waals surface area contributed by atoms with E-state index in [1.54, 1.807) is 27.0 Å². The molecule has 3 N–H and O–H groups in total. The monoisotopic (exact) mass is 482 g/mol. The maximum atomic E-state index is 12.8. The van der Waals surface area contributed by atoms with Crippen LogP contribution in [0.25, 0.3) is 0 Å². The number of aryl methyl sites for hydroxylation is 2. The number of anilines is 1. The number of nitrogens with one attached hydrogen (secondary N) is 2. The smallest absolute Gasteiger partial charge is 0.336 e. The molecule has 2 atom stereocenters. The molecule has 2 aromatic rings. The van der Waals surface area contributed by atoms with Gasteiger partial charge in [0.25, 0.3) is 5.91 Å². The van der Waals surface area contributed by atoms with Gasteiger partial charge in [0.05, 0.1) is 27.8 Å². The second-order valence-corrected chi connectivity index (χ2v) is 9.11. The number of carboxylic acid groups (broad SMARTS) is 1. The van der Waals surface area contributed by atoms with Crippen LogP contribution in [0.1, 0.15) is 64.0 Å². The number of piperidine rings is 1. The molecule has 1 aliphatic rings. The Hall–Kier alpha value is -2.29. The molecule has 10 heteroatoms. The summed E-state index contributed by atoms with van der Waals surface area (Å²) in [5, 5.41) is 13.2. The maximum absolute atomic E-state index is 12.8. The summed E-state index contributed by atoms with van der Waals surface area (Å²) in [5.74, 6) is -0.692. The Labute approximate surface area is 197 Å². The lowest BCUT2D eigenvalue weighted by Crippen LogP contribution is -2.55. The van der Waals surface area contributed by atoms with Crippen molar-refractivity contribution in [3.63, 3.8) is 0 Å². The minimum absolute atomic E-state index is 0.0226. The standard InChI is InChI=1S/C22H28Cl2N4O4/c1-10(2)16-13(22(30)31)8-11(3)25-20(16)28-7-6-14(15(9-28)32-5)27-21(29)19-18(24)17(23)12(4)26-19/h8,10,14-15,26H,6-7,9H2,1-5H3,(H,27,29)(H,30,31). The second-order valence-electron chi connectivity index (χ2n) is 8.35. The Morgan fingerprint density at radius 1 is 1.31 bits per heavy atom. The van der Waals surface area contributed by atoms with E-state index >= 15 is 0 Å². The van der Waals surface area contributed by atoms with Crippen LogP contribution in [0.5, 0.6) is 0 Å². The highest BCUT2D eigenvalue weighted by atomic mass is 35.5. The van der Waals surface area contributed by atoms with E-state index in [2.05, 4.69) is 15.3 Å². The van der Waals surface area contributed by atoms with E-state index in [1.807, 2.05) is 18.7 Å². The van der Waals surface area contributed by atoms with Crippen LogP contribution in [-0.4, -0.2) is 59.3 Å². The number of nitrogens with zero attached hydrogens (tertiary/aromatic N) is 2. The summed E-state index contributed by atoms with van der Waals surface area (Å²) in [6, 6.07) is 1.35. The van der Waals surface area contributed by atoms with Crippen LogP contribution in [0, 0.1) is 13.8 Å². The van der Waals surface area contributed by atoms with Gasteiger partial charge in [0.2, 0.25) is 0 Å². The number of aromatic nitrogens is 2. The van der Waals surface area contributed by atoms with Crippen LogP contribution in [-0.2, 0) is 4.74 Å². The second kappa shape index (κ2) is 9.68. The van der Waals surface area contributed by atoms with Gasteiger partial charge in [0.1, 0.15) is 11.5 Å². The molecular weight excluding hydrogens is 455 g/mol. The van der Waals surface area contributed by atoms with E-state index in [0.717, 1.165) is 0 Å². The van der Waals surface area contributed by atoms with Crippen molar-refractivity contribution in [2.24, 2.45) is 0 Å². The number of pyridine rings is 1. The first kappa shape index (κ1) is 24.4. The number of halogens is 2. The molecule has 2 aromatic heterocycles. The van der Waals surface area contributed by atoms with Gasteiger partial charge >= 0.3 is 5.97 Å². The zero-order valence-electron chi connectivity index (χ0n) is 18.8. The highest BCUT2D eigenvalue weighted by molar-refractivity contribution is 6.44. The molecule has 3 rings (SSSR count). The Kier molecular flexibility index (Phi) is 7.37. The summed E-state index contributed by atoms with van der Waals surface area (Å²) in [5.41, 5.74) is 2.45. The van der Waals surface area contributed by atoms with Gasteiger partial charge in [-0.2, -0.15) is 0 Å². The van der Waals surface area contributed by atoms with Crippen molar-refractivity contribution < 1.29 is 19.4 Å². The van der Waals surface area contributed by atoms with E-state index in [0.29, 0.717) is 47.3 Å². The van der Waals surface area contributed by atoms with Crippen LogP contribution in [0.4, 0.5) is 5.82 Å². The molecule has 1 amide bonds. The lowest BCUT2D eigenvalue weighted by atomic mass is 9.94. The summed E-state index contributed by atoms with van der Waals surface area (Å²) in [6.07, 6.45) is 0.263. The van der Waals surface area contributed by atoms with Gasteiger partial charge in [-0.25, -0.2) is 9.78 Å². The van der Waals surface area contributed by atoms with Crippen molar-refractivity contribution >= 4 is 40.9 Å². The third-order valence-corrected chi connectivity index (χ3v) is 6.68. The van der Waals surface area contributed by atoms with E-state index in [-0.39, 0.29) is 40.3 Å². The average molecular weight is 483 g/mol. The maximum Gasteiger partial charge on any atom is 0.336 e. The normalized spacial score (nSPS) is 18.8. The fourth-order valence-electron chi connectivity index (χ4n) is 4.14. The van der Waals surface area contributed by atoms with Crippen molar-refractivity contribution in [1.82, 2.24) is 15.3 Å². The van der Waals surface area contributed by atoms with Gasteiger partial charge in [-0.15, -0.1) is 0 Å². The van der Waals surface area contributed by atoms with E-state index in [4.69, 9.17) is 27.9 Å². The number of aromatic amines is 1. The Balaban J connectivity index is 1.84. The number of rotatable bonds is 6. The third kappa shape index (κ3) is 4.72. The first-order chi connectivity index (χ1) is 15.0. The Bertz CT molecular complexity index is 1040.